The number of guanidine groups is 1. The lowest BCUT2D eigenvalue weighted by atomic mass is 9.85. The van der Waals surface area contributed by atoms with Crippen LogP contribution in [0.3, 0.4) is 0 Å². The first-order chi connectivity index (χ1) is 8.34. The van der Waals surface area contributed by atoms with E-state index in [1.54, 1.807) is 0 Å². The van der Waals surface area contributed by atoms with Gasteiger partial charge in [-0.05, 0) is 24.2 Å². The van der Waals surface area contributed by atoms with Gasteiger partial charge in [-0.3, -0.25) is 4.99 Å². The van der Waals surface area contributed by atoms with Gasteiger partial charge in [0.1, 0.15) is 0 Å². The Bertz CT molecular complexity index is 294. The van der Waals surface area contributed by atoms with Gasteiger partial charge < -0.3 is 10.2 Å². The van der Waals surface area contributed by atoms with Crippen LogP contribution in [0, 0.1) is 17.8 Å². The number of likely N-dealkylation sites (N-methyl/N-ethyl adjacent to an activating group) is 1. The predicted octanol–water partition coefficient (Wildman–Crippen LogP) is 2.09. The molecule has 1 aliphatic heterocycles. The molecule has 2 saturated carbocycles. The zero-order chi connectivity index (χ0) is 11.7. The van der Waals surface area contributed by atoms with Gasteiger partial charge in [0.2, 0.25) is 0 Å². The third-order valence-corrected chi connectivity index (χ3v) is 4.81. The molecule has 17 heavy (non-hydrogen) atoms. The van der Waals surface area contributed by atoms with Gasteiger partial charge in [-0.2, -0.15) is 0 Å². The van der Waals surface area contributed by atoms with Gasteiger partial charge in [0.25, 0.3) is 0 Å². The van der Waals surface area contributed by atoms with E-state index >= 15 is 0 Å². The molecule has 2 fully saturated rings. The SMILES string of the molecule is CN1CCN=C1NC[C@@H]1C[C@H]1C1CCCCC1. The summed E-state index contributed by atoms with van der Waals surface area (Å²) in [5.41, 5.74) is 0. The first kappa shape index (κ1) is 11.4. The smallest absolute Gasteiger partial charge is 0.193 e. The van der Waals surface area contributed by atoms with Crippen LogP contribution in [-0.4, -0.2) is 37.5 Å². The summed E-state index contributed by atoms with van der Waals surface area (Å²) >= 11 is 0. The molecule has 3 nitrogen and oxygen atoms in total. The molecule has 0 radical (unpaired) electrons. The van der Waals surface area contributed by atoms with Gasteiger partial charge in [0.05, 0.1) is 6.54 Å². The molecule has 0 aromatic rings. The molecule has 3 aliphatic rings. The predicted molar refractivity (Wildman–Crippen MR) is 71.1 cm³/mol. The van der Waals surface area contributed by atoms with Gasteiger partial charge in [0, 0.05) is 20.1 Å². The van der Waals surface area contributed by atoms with Crippen LogP contribution >= 0.6 is 0 Å². The maximum atomic E-state index is 4.49. The van der Waals surface area contributed by atoms with Crippen LogP contribution in [-0.2, 0) is 0 Å². The third kappa shape index (κ3) is 2.58. The van der Waals surface area contributed by atoms with Gasteiger partial charge in [-0.1, -0.05) is 32.1 Å². The first-order valence-electron chi connectivity index (χ1n) is 7.34. The molecule has 96 valence electrons. The van der Waals surface area contributed by atoms with Gasteiger partial charge in [-0.25, -0.2) is 0 Å². The Morgan fingerprint density at radius 2 is 2.12 bits per heavy atom. The number of hydrogen-bond acceptors (Lipinski definition) is 3. The van der Waals surface area contributed by atoms with Crippen molar-refractivity contribution in [1.29, 1.82) is 0 Å². The van der Waals surface area contributed by atoms with Crippen molar-refractivity contribution in [2.75, 3.05) is 26.7 Å². The Morgan fingerprint density at radius 3 is 2.82 bits per heavy atom. The van der Waals surface area contributed by atoms with E-state index in [2.05, 4.69) is 22.3 Å². The highest BCUT2D eigenvalue weighted by molar-refractivity contribution is 5.81. The summed E-state index contributed by atoms with van der Waals surface area (Å²) in [7, 11) is 2.13. The highest BCUT2D eigenvalue weighted by Crippen LogP contribution is 2.48. The lowest BCUT2D eigenvalue weighted by molar-refractivity contribution is 0.309. The van der Waals surface area contributed by atoms with Crippen molar-refractivity contribution in [1.82, 2.24) is 10.2 Å². The number of nitrogens with one attached hydrogen (secondary N) is 1. The summed E-state index contributed by atoms with van der Waals surface area (Å²) in [6.07, 6.45) is 8.92. The van der Waals surface area contributed by atoms with E-state index in [1.165, 1.54) is 38.5 Å². The highest BCUT2D eigenvalue weighted by atomic mass is 15.3. The second kappa shape index (κ2) is 4.87. The van der Waals surface area contributed by atoms with E-state index < -0.39 is 0 Å². The molecule has 0 aromatic heterocycles. The Labute approximate surface area is 105 Å². The van der Waals surface area contributed by atoms with Crippen LogP contribution in [0.1, 0.15) is 38.5 Å². The fourth-order valence-electron chi connectivity index (χ4n) is 3.59. The molecule has 0 aromatic carbocycles. The van der Waals surface area contributed by atoms with Gasteiger partial charge in [-0.15, -0.1) is 0 Å². The van der Waals surface area contributed by atoms with E-state index in [0.29, 0.717) is 0 Å². The standard InChI is InChI=1S/C14H25N3/c1-17-8-7-15-14(17)16-10-12-9-13(12)11-5-3-2-4-6-11/h11-13H,2-10H2,1H3,(H,15,16)/t12-,13-/m0/s1. The summed E-state index contributed by atoms with van der Waals surface area (Å²) in [6.45, 7) is 3.21. The minimum atomic E-state index is 0.940. The van der Waals surface area contributed by atoms with E-state index in [1.807, 2.05) is 0 Å². The van der Waals surface area contributed by atoms with Crippen molar-refractivity contribution < 1.29 is 0 Å². The number of nitrogens with zero attached hydrogens (tertiary/aromatic N) is 2. The zero-order valence-electron chi connectivity index (χ0n) is 11.0. The average molecular weight is 235 g/mol. The first-order valence-corrected chi connectivity index (χ1v) is 7.34. The quantitative estimate of drug-likeness (QED) is 0.811. The lowest BCUT2D eigenvalue weighted by Crippen LogP contribution is -2.36. The molecule has 0 bridgehead atoms. The largest absolute Gasteiger partial charge is 0.356 e. The van der Waals surface area contributed by atoms with Crippen LogP contribution in [0.15, 0.2) is 4.99 Å². The van der Waals surface area contributed by atoms with Crippen LogP contribution < -0.4 is 5.32 Å². The molecule has 2 aliphatic carbocycles. The van der Waals surface area contributed by atoms with Crippen molar-refractivity contribution in [2.24, 2.45) is 22.7 Å². The fraction of sp³-hybridized carbons (Fsp3) is 0.929. The topological polar surface area (TPSA) is 27.6 Å². The second-order valence-corrected chi connectivity index (χ2v) is 6.07. The van der Waals surface area contributed by atoms with Crippen molar-refractivity contribution in [3.63, 3.8) is 0 Å². The van der Waals surface area contributed by atoms with Crippen LogP contribution in [0.4, 0.5) is 0 Å². The molecule has 0 amide bonds. The Hall–Kier alpha value is -0.730. The second-order valence-electron chi connectivity index (χ2n) is 6.07. The van der Waals surface area contributed by atoms with E-state index in [9.17, 15) is 0 Å². The lowest BCUT2D eigenvalue weighted by Gasteiger charge is -2.22. The molecule has 1 N–H and O–H groups in total. The minimum absolute atomic E-state index is 0.940. The highest BCUT2D eigenvalue weighted by Gasteiger charge is 2.42. The summed E-state index contributed by atoms with van der Waals surface area (Å²) in [6, 6.07) is 0. The van der Waals surface area contributed by atoms with E-state index in [-0.39, 0.29) is 0 Å². The summed E-state index contributed by atoms with van der Waals surface area (Å²) < 4.78 is 0. The molecule has 0 unspecified atom stereocenters. The Morgan fingerprint density at radius 1 is 1.29 bits per heavy atom. The molecular formula is C14H25N3. The molecule has 0 saturated heterocycles. The molecule has 0 spiro atoms. The van der Waals surface area contributed by atoms with Crippen LogP contribution in [0.5, 0.6) is 0 Å². The van der Waals surface area contributed by atoms with Crippen molar-refractivity contribution in [3.05, 3.63) is 0 Å². The fourth-order valence-corrected chi connectivity index (χ4v) is 3.59. The zero-order valence-corrected chi connectivity index (χ0v) is 11.0. The minimum Gasteiger partial charge on any atom is -0.356 e. The normalized spacial score (nSPS) is 33.7. The monoisotopic (exact) mass is 235 g/mol. The molecule has 3 heteroatoms. The molecule has 2 atom stereocenters. The van der Waals surface area contributed by atoms with Gasteiger partial charge in [0.15, 0.2) is 5.96 Å². The number of aliphatic imine (C=N–C) groups is 1. The maximum Gasteiger partial charge on any atom is 0.193 e. The van der Waals surface area contributed by atoms with Crippen LogP contribution in [0.2, 0.25) is 0 Å². The molecule has 1 heterocycles. The van der Waals surface area contributed by atoms with Crippen molar-refractivity contribution >= 4 is 5.96 Å². The Balaban J connectivity index is 1.40. The average Bonchev–Trinajstić information content (AvgIpc) is 3.04. The van der Waals surface area contributed by atoms with Crippen molar-refractivity contribution in [3.8, 4) is 0 Å². The third-order valence-electron chi connectivity index (χ3n) is 4.81. The number of hydrogen-bond donors (Lipinski definition) is 1. The van der Waals surface area contributed by atoms with E-state index in [0.717, 1.165) is 43.3 Å². The maximum absolute atomic E-state index is 4.49. The number of rotatable bonds is 3. The molecule has 3 rings (SSSR count). The van der Waals surface area contributed by atoms with E-state index in [4.69, 9.17) is 0 Å². The summed E-state index contributed by atoms with van der Waals surface area (Å²) in [5.74, 6) is 4.16. The van der Waals surface area contributed by atoms with Gasteiger partial charge >= 0.3 is 0 Å². The van der Waals surface area contributed by atoms with Crippen molar-refractivity contribution in [2.45, 2.75) is 38.5 Å². The molecular weight excluding hydrogens is 210 g/mol. The Kier molecular flexibility index (Phi) is 3.26. The van der Waals surface area contributed by atoms with Crippen LogP contribution in [0.25, 0.3) is 0 Å². The summed E-state index contributed by atoms with van der Waals surface area (Å²) in [4.78, 5) is 6.72. The summed E-state index contributed by atoms with van der Waals surface area (Å²) in [5, 5.41) is 3.54.